The van der Waals surface area contributed by atoms with Gasteiger partial charge in [0.2, 0.25) is 0 Å². The molecule has 1 heterocycles. The number of nitrogens with zero attached hydrogens (tertiary/aromatic N) is 1. The molecule has 4 aliphatic carbocycles. The van der Waals surface area contributed by atoms with Crippen LogP contribution < -0.4 is 0 Å². The SMILES string of the molecule is CC1(C)[C@@H]2C[C@H]3OB([C@@H](CC4CCCCC4)N([Si](C)(C)C)[Si](C)(C)C)O[C@@]3(C)[C@H]1C2. The van der Waals surface area contributed by atoms with Gasteiger partial charge in [0.1, 0.15) is 16.5 Å². The first-order chi connectivity index (χ1) is 13.7. The third-order valence-electron chi connectivity index (χ3n) is 9.36. The monoisotopic (exact) mass is 449 g/mol. The van der Waals surface area contributed by atoms with Crippen molar-refractivity contribution >= 4 is 23.6 Å². The van der Waals surface area contributed by atoms with E-state index >= 15 is 0 Å². The van der Waals surface area contributed by atoms with E-state index in [1.807, 2.05) is 0 Å². The minimum Gasteiger partial charge on any atom is -0.404 e. The first kappa shape index (κ1) is 23.5. The molecule has 30 heavy (non-hydrogen) atoms. The minimum absolute atomic E-state index is 0.0319. The molecule has 0 spiro atoms. The van der Waals surface area contributed by atoms with Crippen LogP contribution in [-0.2, 0) is 9.31 Å². The Kier molecular flexibility index (Phi) is 6.05. The zero-order chi connectivity index (χ0) is 22.1. The normalized spacial score (nSPS) is 37.8. The smallest absolute Gasteiger partial charge is 0.404 e. The summed E-state index contributed by atoms with van der Waals surface area (Å²) in [5, 5.41) is 0. The molecule has 5 aliphatic rings. The lowest BCUT2D eigenvalue weighted by molar-refractivity contribution is -0.199. The second kappa shape index (κ2) is 7.71. The molecule has 0 aromatic carbocycles. The summed E-state index contributed by atoms with van der Waals surface area (Å²) >= 11 is 0. The predicted molar refractivity (Wildman–Crippen MR) is 134 cm³/mol. The maximum Gasteiger partial charge on any atom is 0.474 e. The molecule has 5 fully saturated rings. The second-order valence-corrected chi connectivity index (χ2v) is 23.9. The average molecular weight is 450 g/mol. The van der Waals surface area contributed by atoms with Crippen molar-refractivity contribution in [3.63, 3.8) is 0 Å². The van der Waals surface area contributed by atoms with Crippen LogP contribution in [0.15, 0.2) is 0 Å². The van der Waals surface area contributed by atoms with Crippen LogP contribution in [0.4, 0.5) is 0 Å². The van der Waals surface area contributed by atoms with Gasteiger partial charge in [-0.25, -0.2) is 0 Å². The Morgan fingerprint density at radius 2 is 1.53 bits per heavy atom. The third kappa shape index (κ3) is 3.95. The summed E-state index contributed by atoms with van der Waals surface area (Å²) in [6.07, 6.45) is 11.2. The fraction of sp³-hybridized carbons (Fsp3) is 1.00. The molecule has 5 rings (SSSR count). The summed E-state index contributed by atoms with van der Waals surface area (Å²) in [7, 11) is -3.05. The average Bonchev–Trinajstić information content (AvgIpc) is 2.96. The fourth-order valence-electron chi connectivity index (χ4n) is 8.17. The van der Waals surface area contributed by atoms with E-state index in [1.54, 1.807) is 0 Å². The Hall–Kier alpha value is 0.379. The maximum atomic E-state index is 7.09. The quantitative estimate of drug-likeness (QED) is 0.428. The molecule has 172 valence electrons. The van der Waals surface area contributed by atoms with Crippen LogP contribution in [0.2, 0.25) is 39.3 Å². The molecular formula is C24H48BNO2Si2. The van der Waals surface area contributed by atoms with Crippen molar-refractivity contribution in [2.45, 2.75) is 129 Å². The minimum atomic E-state index is -1.51. The summed E-state index contributed by atoms with van der Waals surface area (Å²) in [4.78, 5) is 0. The molecule has 0 unspecified atom stereocenters. The van der Waals surface area contributed by atoms with Crippen molar-refractivity contribution in [2.75, 3.05) is 0 Å². The van der Waals surface area contributed by atoms with E-state index < -0.39 is 16.5 Å². The molecular weight excluding hydrogens is 401 g/mol. The van der Waals surface area contributed by atoms with Gasteiger partial charge in [-0.1, -0.05) is 85.2 Å². The number of hydrogen-bond acceptors (Lipinski definition) is 3. The summed E-state index contributed by atoms with van der Waals surface area (Å²) in [5.74, 6) is 2.77. The summed E-state index contributed by atoms with van der Waals surface area (Å²) in [6, 6.07) is 0. The van der Waals surface area contributed by atoms with Crippen molar-refractivity contribution < 1.29 is 9.31 Å². The van der Waals surface area contributed by atoms with Crippen LogP contribution in [0.1, 0.15) is 72.1 Å². The van der Waals surface area contributed by atoms with Crippen LogP contribution in [0.3, 0.4) is 0 Å². The van der Waals surface area contributed by atoms with E-state index in [1.165, 1.54) is 51.4 Å². The number of hydrogen-bond donors (Lipinski definition) is 0. The van der Waals surface area contributed by atoms with E-state index in [2.05, 4.69) is 64.3 Å². The Morgan fingerprint density at radius 1 is 0.933 bits per heavy atom. The molecule has 0 N–H and O–H groups in total. The zero-order valence-corrected chi connectivity index (χ0v) is 23.4. The van der Waals surface area contributed by atoms with Crippen LogP contribution in [0.25, 0.3) is 0 Å². The van der Waals surface area contributed by atoms with E-state index in [9.17, 15) is 0 Å². The molecule has 1 aliphatic heterocycles. The highest BCUT2D eigenvalue weighted by atomic mass is 28.4. The third-order valence-corrected chi connectivity index (χ3v) is 16.9. The van der Waals surface area contributed by atoms with Crippen molar-refractivity contribution in [3.8, 4) is 0 Å². The van der Waals surface area contributed by atoms with E-state index in [0.717, 1.165) is 11.8 Å². The van der Waals surface area contributed by atoms with Crippen LogP contribution in [0, 0.1) is 23.2 Å². The molecule has 6 heteroatoms. The van der Waals surface area contributed by atoms with E-state index in [-0.39, 0.29) is 12.7 Å². The molecule has 0 aromatic heterocycles. The van der Waals surface area contributed by atoms with Gasteiger partial charge < -0.3 is 13.5 Å². The van der Waals surface area contributed by atoms with Crippen LogP contribution >= 0.6 is 0 Å². The molecule has 5 atom stereocenters. The summed E-state index contributed by atoms with van der Waals surface area (Å²) in [5.41, 5.74) is 0.331. The standard InChI is InChI=1S/C24H48BNO2Si2/c1-23(2)19-16-20(23)24(3)21(17-19)27-25(28-24)22(15-18-13-11-10-12-14-18)26(29(4,5)6)30(7,8)9/h18-22H,10-17H2,1-9H3/t19-,20-,21+,22+,24-/m0/s1. The van der Waals surface area contributed by atoms with Gasteiger partial charge in [0.15, 0.2) is 0 Å². The van der Waals surface area contributed by atoms with Crippen molar-refractivity contribution in [3.05, 3.63) is 0 Å². The Labute approximate surface area is 189 Å². The Bertz CT molecular complexity index is 626. The maximum absolute atomic E-state index is 7.09. The highest BCUT2D eigenvalue weighted by Crippen LogP contribution is 2.66. The highest BCUT2D eigenvalue weighted by molar-refractivity contribution is 6.90. The van der Waals surface area contributed by atoms with Crippen LogP contribution in [0.5, 0.6) is 0 Å². The lowest BCUT2D eigenvalue weighted by atomic mass is 9.43. The molecule has 2 bridgehead atoms. The van der Waals surface area contributed by atoms with Gasteiger partial charge in [0, 0.05) is 5.94 Å². The predicted octanol–water partition coefficient (Wildman–Crippen LogP) is 6.56. The summed E-state index contributed by atoms with van der Waals surface area (Å²) < 4.78 is 17.0. The molecule has 0 amide bonds. The van der Waals surface area contributed by atoms with Gasteiger partial charge in [0.05, 0.1) is 11.7 Å². The highest BCUT2D eigenvalue weighted by Gasteiger charge is 2.69. The van der Waals surface area contributed by atoms with Crippen molar-refractivity contribution in [1.29, 1.82) is 0 Å². The number of rotatable bonds is 6. The molecule has 0 aromatic rings. The van der Waals surface area contributed by atoms with Gasteiger partial charge in [-0.15, -0.1) is 0 Å². The van der Waals surface area contributed by atoms with Crippen molar-refractivity contribution in [2.24, 2.45) is 23.2 Å². The largest absolute Gasteiger partial charge is 0.474 e. The van der Waals surface area contributed by atoms with E-state index in [4.69, 9.17) is 9.31 Å². The van der Waals surface area contributed by atoms with Gasteiger partial charge in [-0.2, -0.15) is 0 Å². The second-order valence-electron chi connectivity index (χ2n) is 13.9. The van der Waals surface area contributed by atoms with Gasteiger partial charge in [0.25, 0.3) is 0 Å². The topological polar surface area (TPSA) is 21.7 Å². The molecule has 0 radical (unpaired) electrons. The Morgan fingerprint density at radius 3 is 2.07 bits per heavy atom. The van der Waals surface area contributed by atoms with Crippen LogP contribution in [-0.4, -0.2) is 45.5 Å². The first-order valence-electron chi connectivity index (χ1n) is 12.9. The lowest BCUT2D eigenvalue weighted by Gasteiger charge is -2.64. The first-order valence-corrected chi connectivity index (χ1v) is 19.8. The molecule has 1 saturated heterocycles. The Balaban J connectivity index is 1.63. The van der Waals surface area contributed by atoms with Gasteiger partial charge in [-0.3, -0.25) is 0 Å². The summed E-state index contributed by atoms with van der Waals surface area (Å²) in [6.45, 7) is 22.6. The fourth-order valence-corrected chi connectivity index (χ4v) is 18.7. The van der Waals surface area contributed by atoms with E-state index in [0.29, 0.717) is 23.4 Å². The molecule has 4 saturated carbocycles. The molecule has 3 nitrogen and oxygen atoms in total. The lowest BCUT2D eigenvalue weighted by Crippen LogP contribution is -2.68. The van der Waals surface area contributed by atoms with Gasteiger partial charge in [-0.05, 0) is 49.4 Å². The van der Waals surface area contributed by atoms with Crippen molar-refractivity contribution in [1.82, 2.24) is 4.23 Å². The van der Waals surface area contributed by atoms with Gasteiger partial charge >= 0.3 is 7.12 Å². The zero-order valence-electron chi connectivity index (χ0n) is 21.4.